The van der Waals surface area contributed by atoms with Gasteiger partial charge in [-0.1, -0.05) is 26.7 Å². The summed E-state index contributed by atoms with van der Waals surface area (Å²) >= 11 is 0. The summed E-state index contributed by atoms with van der Waals surface area (Å²) in [6.07, 6.45) is 7.19. The second-order valence-electron chi connectivity index (χ2n) is 7.46. The van der Waals surface area contributed by atoms with Crippen LogP contribution in [0.5, 0.6) is 0 Å². The van der Waals surface area contributed by atoms with Gasteiger partial charge in [0.1, 0.15) is 12.1 Å². The van der Waals surface area contributed by atoms with Crippen LogP contribution in [0.4, 0.5) is 5.82 Å². The zero-order chi connectivity index (χ0) is 19.9. The van der Waals surface area contributed by atoms with Crippen LogP contribution in [0, 0.1) is 11.8 Å². The van der Waals surface area contributed by atoms with E-state index in [1.165, 1.54) is 19.3 Å². The van der Waals surface area contributed by atoms with Crippen molar-refractivity contribution in [1.29, 1.82) is 0 Å². The van der Waals surface area contributed by atoms with E-state index in [0.717, 1.165) is 60.8 Å². The number of aryl methyl sites for hydroxylation is 1. The van der Waals surface area contributed by atoms with Gasteiger partial charge in [0.2, 0.25) is 0 Å². The van der Waals surface area contributed by atoms with Crippen LogP contribution in [0.3, 0.4) is 0 Å². The number of aliphatic imine (C=N–C) groups is 1. The van der Waals surface area contributed by atoms with Gasteiger partial charge in [-0.3, -0.25) is 9.67 Å². The van der Waals surface area contributed by atoms with E-state index in [-0.39, 0.29) is 0 Å². The van der Waals surface area contributed by atoms with Gasteiger partial charge in [0.15, 0.2) is 11.6 Å². The van der Waals surface area contributed by atoms with Gasteiger partial charge in [-0.05, 0) is 25.2 Å². The summed E-state index contributed by atoms with van der Waals surface area (Å²) in [6.45, 7) is 11.3. The molecular formula is C20H34N8. The number of nitrogens with one attached hydrogen (secondary N) is 2. The molecule has 3 heterocycles. The smallest absolute Gasteiger partial charge is 0.193 e. The Morgan fingerprint density at radius 1 is 1.29 bits per heavy atom. The third kappa shape index (κ3) is 4.54. The molecule has 1 atom stereocenters. The van der Waals surface area contributed by atoms with E-state index in [9.17, 15) is 0 Å². The van der Waals surface area contributed by atoms with Crippen LogP contribution in [0.1, 0.15) is 40.0 Å². The zero-order valence-electron chi connectivity index (χ0n) is 17.6. The van der Waals surface area contributed by atoms with E-state index in [4.69, 9.17) is 4.99 Å². The van der Waals surface area contributed by atoms with E-state index < -0.39 is 0 Å². The standard InChI is InChI=1S/C20H34N8/c1-5-15(6-2)16-8-11-28(13-16)20(21-7-3)23-10-9-22-18-17-12-26-27(4)19(17)25-14-24-18/h12,14-16H,5-11,13H2,1-4H3,(H,21,23)(H,22,24,25). The van der Waals surface area contributed by atoms with Crippen molar-refractivity contribution < 1.29 is 0 Å². The predicted molar refractivity (Wildman–Crippen MR) is 115 cm³/mol. The molecule has 0 amide bonds. The molecule has 0 saturated carbocycles. The largest absolute Gasteiger partial charge is 0.367 e. The molecule has 1 aliphatic heterocycles. The summed E-state index contributed by atoms with van der Waals surface area (Å²) < 4.78 is 1.76. The van der Waals surface area contributed by atoms with Gasteiger partial charge in [0.25, 0.3) is 0 Å². The van der Waals surface area contributed by atoms with Crippen LogP contribution in [0.15, 0.2) is 17.5 Å². The molecule has 0 aliphatic carbocycles. The average Bonchev–Trinajstić information content (AvgIpc) is 3.33. The van der Waals surface area contributed by atoms with Gasteiger partial charge < -0.3 is 15.5 Å². The lowest BCUT2D eigenvalue weighted by atomic mass is 9.87. The van der Waals surface area contributed by atoms with Gasteiger partial charge >= 0.3 is 0 Å². The number of aromatic nitrogens is 4. The van der Waals surface area contributed by atoms with Crippen LogP contribution in [0.2, 0.25) is 0 Å². The van der Waals surface area contributed by atoms with Crippen LogP contribution < -0.4 is 10.6 Å². The number of hydrogen-bond acceptors (Lipinski definition) is 5. The SMILES string of the molecule is CCNC(=NCCNc1ncnc2c1cnn2C)N1CCC(C(CC)CC)C1. The summed E-state index contributed by atoms with van der Waals surface area (Å²) in [4.78, 5) is 15.9. The molecular weight excluding hydrogens is 352 g/mol. The molecule has 0 radical (unpaired) electrons. The zero-order valence-corrected chi connectivity index (χ0v) is 17.6. The number of nitrogens with zero attached hydrogens (tertiary/aromatic N) is 6. The minimum absolute atomic E-state index is 0.695. The summed E-state index contributed by atoms with van der Waals surface area (Å²) in [7, 11) is 1.89. The van der Waals surface area contributed by atoms with E-state index in [1.54, 1.807) is 17.2 Å². The van der Waals surface area contributed by atoms with Crippen LogP contribution in [-0.4, -0.2) is 63.3 Å². The fraction of sp³-hybridized carbons (Fsp3) is 0.700. The highest BCUT2D eigenvalue weighted by atomic mass is 15.3. The highest BCUT2D eigenvalue weighted by molar-refractivity contribution is 5.86. The molecule has 1 aliphatic rings. The van der Waals surface area contributed by atoms with Crippen molar-refractivity contribution in [3.8, 4) is 0 Å². The molecule has 1 fully saturated rings. The molecule has 0 bridgehead atoms. The quantitative estimate of drug-likeness (QED) is 0.412. The summed E-state index contributed by atoms with van der Waals surface area (Å²) in [5.41, 5.74) is 0.832. The van der Waals surface area contributed by atoms with Crippen LogP contribution in [-0.2, 0) is 7.05 Å². The van der Waals surface area contributed by atoms with Crippen molar-refractivity contribution in [2.75, 3.05) is 38.0 Å². The van der Waals surface area contributed by atoms with Gasteiger partial charge in [-0.15, -0.1) is 0 Å². The first-order valence-electron chi connectivity index (χ1n) is 10.6. The average molecular weight is 387 g/mol. The van der Waals surface area contributed by atoms with Crippen molar-refractivity contribution in [3.05, 3.63) is 12.5 Å². The topological polar surface area (TPSA) is 83.3 Å². The molecule has 8 heteroatoms. The first-order valence-corrected chi connectivity index (χ1v) is 10.6. The molecule has 0 aromatic carbocycles. The van der Waals surface area contributed by atoms with Gasteiger partial charge in [0, 0.05) is 33.2 Å². The van der Waals surface area contributed by atoms with Crippen molar-refractivity contribution in [2.24, 2.45) is 23.9 Å². The lowest BCUT2D eigenvalue weighted by Gasteiger charge is -2.24. The summed E-state index contributed by atoms with van der Waals surface area (Å²) in [5, 5.41) is 12.0. The molecule has 28 heavy (non-hydrogen) atoms. The Labute approximate surface area is 167 Å². The number of guanidine groups is 1. The molecule has 1 saturated heterocycles. The number of anilines is 1. The maximum atomic E-state index is 4.85. The lowest BCUT2D eigenvalue weighted by Crippen LogP contribution is -2.40. The Hall–Kier alpha value is -2.38. The minimum Gasteiger partial charge on any atom is -0.367 e. The summed E-state index contributed by atoms with van der Waals surface area (Å²) in [6, 6.07) is 0. The maximum Gasteiger partial charge on any atom is 0.193 e. The van der Waals surface area contributed by atoms with Gasteiger partial charge in [-0.2, -0.15) is 5.10 Å². The van der Waals surface area contributed by atoms with E-state index in [1.807, 2.05) is 7.05 Å². The number of likely N-dealkylation sites (tertiary alicyclic amines) is 1. The predicted octanol–water partition coefficient (Wildman–Crippen LogP) is 2.50. The Bertz CT molecular complexity index is 780. The van der Waals surface area contributed by atoms with Crippen LogP contribution in [0.25, 0.3) is 11.0 Å². The van der Waals surface area contributed by atoms with Crippen molar-refractivity contribution in [2.45, 2.75) is 40.0 Å². The van der Waals surface area contributed by atoms with Gasteiger partial charge in [0.05, 0.1) is 18.1 Å². The van der Waals surface area contributed by atoms with Crippen molar-refractivity contribution in [1.82, 2.24) is 30.0 Å². The second kappa shape index (κ2) is 9.71. The minimum atomic E-state index is 0.695. The van der Waals surface area contributed by atoms with Crippen molar-refractivity contribution in [3.63, 3.8) is 0 Å². The van der Waals surface area contributed by atoms with E-state index >= 15 is 0 Å². The first-order chi connectivity index (χ1) is 13.7. The van der Waals surface area contributed by atoms with Gasteiger partial charge in [-0.25, -0.2) is 9.97 Å². The Kier molecular flexibility index (Phi) is 7.06. The molecule has 8 nitrogen and oxygen atoms in total. The molecule has 2 aromatic rings. The monoisotopic (exact) mass is 386 g/mol. The molecule has 154 valence electrons. The molecule has 1 unspecified atom stereocenters. The molecule has 3 rings (SSSR count). The van der Waals surface area contributed by atoms with Crippen molar-refractivity contribution >= 4 is 22.8 Å². The van der Waals surface area contributed by atoms with E-state index in [0.29, 0.717) is 6.54 Å². The number of hydrogen-bond donors (Lipinski definition) is 2. The molecule has 2 aromatic heterocycles. The highest BCUT2D eigenvalue weighted by Gasteiger charge is 2.29. The maximum absolute atomic E-state index is 4.85. The van der Waals surface area contributed by atoms with Crippen LogP contribution >= 0.6 is 0 Å². The first kappa shape index (κ1) is 20.4. The lowest BCUT2D eigenvalue weighted by molar-refractivity contribution is 0.319. The fourth-order valence-electron chi connectivity index (χ4n) is 4.18. The fourth-order valence-corrected chi connectivity index (χ4v) is 4.18. The number of rotatable bonds is 8. The third-order valence-corrected chi connectivity index (χ3v) is 5.77. The van der Waals surface area contributed by atoms with E-state index in [2.05, 4.69) is 51.4 Å². The summed E-state index contributed by atoms with van der Waals surface area (Å²) in [5.74, 6) is 3.46. The third-order valence-electron chi connectivity index (χ3n) is 5.77. The molecule has 2 N–H and O–H groups in total. The highest BCUT2D eigenvalue weighted by Crippen LogP contribution is 2.28. The molecule has 0 spiro atoms. The normalized spacial score (nSPS) is 17.7. The Morgan fingerprint density at radius 3 is 2.86 bits per heavy atom. The second-order valence-corrected chi connectivity index (χ2v) is 7.46. The Balaban J connectivity index is 1.57. The number of fused-ring (bicyclic) bond motifs is 1. The Morgan fingerprint density at radius 2 is 2.11 bits per heavy atom.